The standard InChI is InChI=1S/C10H21N3O2S/c1-6(2)8(9(11)13-15)10(14)12-7(3)5-16-4/h6-8,15H,5H2,1-4H3,(H2,11,13)(H,12,14). The van der Waals surface area contributed by atoms with E-state index >= 15 is 0 Å². The highest BCUT2D eigenvalue weighted by atomic mass is 32.2. The molecule has 0 bridgehead atoms. The highest BCUT2D eigenvalue weighted by Crippen LogP contribution is 2.12. The number of rotatable bonds is 6. The first-order valence-corrected chi connectivity index (χ1v) is 6.60. The van der Waals surface area contributed by atoms with Crippen molar-refractivity contribution in [1.82, 2.24) is 5.32 Å². The molecule has 4 N–H and O–H groups in total. The number of nitrogens with zero attached hydrogens (tertiary/aromatic N) is 1. The molecule has 0 rings (SSSR count). The van der Waals surface area contributed by atoms with Crippen LogP contribution in [0.15, 0.2) is 5.16 Å². The molecule has 0 aliphatic carbocycles. The number of oxime groups is 1. The number of hydrogen-bond acceptors (Lipinski definition) is 4. The number of amides is 1. The van der Waals surface area contributed by atoms with Gasteiger partial charge in [-0.05, 0) is 19.1 Å². The van der Waals surface area contributed by atoms with Gasteiger partial charge >= 0.3 is 0 Å². The quantitative estimate of drug-likeness (QED) is 0.281. The summed E-state index contributed by atoms with van der Waals surface area (Å²) in [7, 11) is 0. The van der Waals surface area contributed by atoms with Crippen molar-refractivity contribution in [2.24, 2.45) is 22.7 Å². The second-order valence-corrected chi connectivity index (χ2v) is 5.02. The fourth-order valence-corrected chi connectivity index (χ4v) is 2.05. The Morgan fingerprint density at radius 2 is 2.06 bits per heavy atom. The molecule has 0 fully saturated rings. The Kier molecular flexibility index (Phi) is 6.96. The van der Waals surface area contributed by atoms with Crippen molar-refractivity contribution in [3.05, 3.63) is 0 Å². The topological polar surface area (TPSA) is 87.7 Å². The van der Waals surface area contributed by atoms with Gasteiger partial charge in [0, 0.05) is 11.8 Å². The summed E-state index contributed by atoms with van der Waals surface area (Å²) in [6, 6.07) is 0.0789. The average Bonchev–Trinajstić information content (AvgIpc) is 2.17. The van der Waals surface area contributed by atoms with Crippen molar-refractivity contribution in [2.45, 2.75) is 26.8 Å². The highest BCUT2D eigenvalue weighted by molar-refractivity contribution is 7.98. The number of carbonyl (C=O) groups excluding carboxylic acids is 1. The molecule has 0 saturated carbocycles. The lowest BCUT2D eigenvalue weighted by atomic mass is 9.93. The van der Waals surface area contributed by atoms with E-state index in [0.717, 1.165) is 5.75 Å². The molecule has 0 aromatic rings. The summed E-state index contributed by atoms with van der Waals surface area (Å²) >= 11 is 1.66. The highest BCUT2D eigenvalue weighted by Gasteiger charge is 2.27. The zero-order chi connectivity index (χ0) is 12.7. The maximum Gasteiger partial charge on any atom is 0.231 e. The van der Waals surface area contributed by atoms with Crippen LogP contribution in [0, 0.1) is 11.8 Å². The third kappa shape index (κ3) is 4.74. The van der Waals surface area contributed by atoms with Crippen molar-refractivity contribution in [1.29, 1.82) is 0 Å². The van der Waals surface area contributed by atoms with E-state index in [1.807, 2.05) is 27.0 Å². The van der Waals surface area contributed by atoms with Gasteiger partial charge in [-0.15, -0.1) is 0 Å². The van der Waals surface area contributed by atoms with Crippen LogP contribution in [0.3, 0.4) is 0 Å². The Labute approximate surface area is 101 Å². The molecule has 94 valence electrons. The first-order chi connectivity index (χ1) is 7.43. The van der Waals surface area contributed by atoms with Crippen LogP contribution in [0.2, 0.25) is 0 Å². The van der Waals surface area contributed by atoms with Crippen molar-refractivity contribution in [3.63, 3.8) is 0 Å². The first-order valence-electron chi connectivity index (χ1n) is 5.20. The summed E-state index contributed by atoms with van der Waals surface area (Å²) in [5.74, 6) is 0.0367. The van der Waals surface area contributed by atoms with Gasteiger partial charge in [0.15, 0.2) is 5.84 Å². The van der Waals surface area contributed by atoms with Gasteiger partial charge in [-0.25, -0.2) is 0 Å². The van der Waals surface area contributed by atoms with Gasteiger partial charge < -0.3 is 16.3 Å². The van der Waals surface area contributed by atoms with Crippen LogP contribution in [0.1, 0.15) is 20.8 Å². The lowest BCUT2D eigenvalue weighted by Gasteiger charge is -2.21. The number of nitrogens with one attached hydrogen (secondary N) is 1. The average molecular weight is 247 g/mol. The lowest BCUT2D eigenvalue weighted by molar-refractivity contribution is -0.124. The second-order valence-electron chi connectivity index (χ2n) is 4.11. The molecule has 0 heterocycles. The van der Waals surface area contributed by atoms with Gasteiger partial charge in [0.25, 0.3) is 0 Å². The summed E-state index contributed by atoms with van der Waals surface area (Å²) in [6.07, 6.45) is 1.98. The van der Waals surface area contributed by atoms with Gasteiger partial charge in [0.05, 0.1) is 0 Å². The van der Waals surface area contributed by atoms with E-state index in [4.69, 9.17) is 10.9 Å². The van der Waals surface area contributed by atoms with E-state index in [0.29, 0.717) is 0 Å². The fraction of sp³-hybridized carbons (Fsp3) is 0.800. The van der Waals surface area contributed by atoms with Crippen LogP contribution in [0.25, 0.3) is 0 Å². The van der Waals surface area contributed by atoms with E-state index in [1.54, 1.807) is 11.8 Å². The number of thioether (sulfide) groups is 1. The van der Waals surface area contributed by atoms with Crippen molar-refractivity contribution in [3.8, 4) is 0 Å². The van der Waals surface area contributed by atoms with Gasteiger partial charge in [-0.2, -0.15) is 11.8 Å². The second kappa shape index (κ2) is 7.38. The molecule has 2 unspecified atom stereocenters. The van der Waals surface area contributed by atoms with Crippen LogP contribution >= 0.6 is 11.8 Å². The van der Waals surface area contributed by atoms with Crippen molar-refractivity contribution >= 4 is 23.5 Å². The Bertz CT molecular complexity index is 256. The molecule has 0 aromatic carbocycles. The molecule has 6 heteroatoms. The number of amidine groups is 1. The van der Waals surface area contributed by atoms with E-state index in [2.05, 4.69) is 10.5 Å². The van der Waals surface area contributed by atoms with Crippen LogP contribution in [0.4, 0.5) is 0 Å². The minimum Gasteiger partial charge on any atom is -0.409 e. The molecule has 1 amide bonds. The van der Waals surface area contributed by atoms with Crippen LogP contribution in [0.5, 0.6) is 0 Å². The molecular formula is C10H21N3O2S. The molecule has 0 aliphatic heterocycles. The molecule has 16 heavy (non-hydrogen) atoms. The maximum absolute atomic E-state index is 11.9. The summed E-state index contributed by atoms with van der Waals surface area (Å²) in [5.41, 5.74) is 5.50. The normalized spacial score (nSPS) is 15.9. The Morgan fingerprint density at radius 1 is 1.50 bits per heavy atom. The largest absolute Gasteiger partial charge is 0.409 e. The molecule has 2 atom stereocenters. The SMILES string of the molecule is CSCC(C)NC(=O)C(C(N)=NO)C(C)C. The van der Waals surface area contributed by atoms with Gasteiger partial charge in [-0.3, -0.25) is 4.79 Å². The number of nitrogens with two attached hydrogens (primary N) is 1. The maximum atomic E-state index is 11.9. The predicted octanol–water partition coefficient (Wildman–Crippen LogP) is 0.873. The smallest absolute Gasteiger partial charge is 0.231 e. The van der Waals surface area contributed by atoms with Gasteiger partial charge in [0.1, 0.15) is 5.92 Å². The summed E-state index contributed by atoms with van der Waals surface area (Å²) < 4.78 is 0. The minimum absolute atomic E-state index is 0.00243. The van der Waals surface area contributed by atoms with Gasteiger partial charge in [-0.1, -0.05) is 19.0 Å². The number of hydrogen-bond donors (Lipinski definition) is 3. The summed E-state index contributed by atoms with van der Waals surface area (Å²) in [4.78, 5) is 11.9. The van der Waals surface area contributed by atoms with Crippen LogP contribution in [-0.4, -0.2) is 35.0 Å². The fourth-order valence-electron chi connectivity index (χ4n) is 1.47. The molecule has 0 spiro atoms. The Morgan fingerprint density at radius 3 is 2.44 bits per heavy atom. The van der Waals surface area contributed by atoms with Crippen molar-refractivity contribution in [2.75, 3.05) is 12.0 Å². The molecule has 0 aromatic heterocycles. The van der Waals surface area contributed by atoms with Crippen LogP contribution in [-0.2, 0) is 4.79 Å². The van der Waals surface area contributed by atoms with E-state index in [9.17, 15) is 4.79 Å². The molecule has 0 saturated heterocycles. The Hall–Kier alpha value is -0.910. The molecular weight excluding hydrogens is 226 g/mol. The van der Waals surface area contributed by atoms with E-state index < -0.39 is 5.92 Å². The molecule has 5 nitrogen and oxygen atoms in total. The summed E-state index contributed by atoms with van der Waals surface area (Å²) in [5, 5.41) is 14.4. The predicted molar refractivity (Wildman–Crippen MR) is 67.7 cm³/mol. The molecule has 0 radical (unpaired) electrons. The van der Waals surface area contributed by atoms with Crippen LogP contribution < -0.4 is 11.1 Å². The summed E-state index contributed by atoms with van der Waals surface area (Å²) in [6.45, 7) is 5.65. The minimum atomic E-state index is -0.575. The Balaban J connectivity index is 4.52. The van der Waals surface area contributed by atoms with E-state index in [1.165, 1.54) is 0 Å². The lowest BCUT2D eigenvalue weighted by Crippen LogP contribution is -2.45. The zero-order valence-corrected chi connectivity index (χ0v) is 11.0. The first kappa shape index (κ1) is 15.1. The zero-order valence-electron chi connectivity index (χ0n) is 10.2. The third-order valence-corrected chi connectivity index (χ3v) is 3.02. The third-order valence-electron chi connectivity index (χ3n) is 2.19. The monoisotopic (exact) mass is 247 g/mol. The molecule has 0 aliphatic rings. The van der Waals surface area contributed by atoms with E-state index in [-0.39, 0.29) is 23.7 Å². The van der Waals surface area contributed by atoms with Gasteiger partial charge in [0.2, 0.25) is 5.91 Å². The number of carbonyl (C=O) groups is 1. The van der Waals surface area contributed by atoms with Crippen molar-refractivity contribution < 1.29 is 10.0 Å².